The van der Waals surface area contributed by atoms with Crippen LogP contribution in [-0.2, 0) is 9.53 Å². The van der Waals surface area contributed by atoms with Gasteiger partial charge in [0.1, 0.15) is 0 Å². The number of hydrogen-bond acceptors (Lipinski definition) is 3. The van der Waals surface area contributed by atoms with Gasteiger partial charge in [-0.25, -0.2) is 0 Å². The fourth-order valence-electron chi connectivity index (χ4n) is 3.98. The molecule has 3 rings (SSSR count). The molecule has 2 saturated heterocycles. The second-order valence-corrected chi connectivity index (χ2v) is 6.82. The van der Waals surface area contributed by atoms with E-state index in [1.165, 1.54) is 19.1 Å². The van der Waals surface area contributed by atoms with Crippen LogP contribution in [0.15, 0.2) is 28.7 Å². The van der Waals surface area contributed by atoms with Crippen molar-refractivity contribution in [1.82, 2.24) is 4.90 Å². The van der Waals surface area contributed by atoms with Crippen LogP contribution in [0.5, 0.6) is 0 Å². The average Bonchev–Trinajstić information content (AvgIpc) is 2.70. The molecule has 2 unspecified atom stereocenters. The van der Waals surface area contributed by atoms with Gasteiger partial charge >= 0.3 is 5.97 Å². The molecule has 4 heteroatoms. The minimum absolute atomic E-state index is 0.0371. The highest BCUT2D eigenvalue weighted by molar-refractivity contribution is 9.10. The first kappa shape index (κ1) is 14.1. The number of piperidine rings is 1. The lowest BCUT2D eigenvalue weighted by atomic mass is 9.76. The standard InChI is InChI=1S/C16H20BrNO2/c1-18-12-7-8-14(18)15(16(19)20-2)13(9-12)10-3-5-11(17)6-4-10/h3-6,12-15H,7-9H2,1-2H3/t12?,13-,14?,15-/m1/s1. The van der Waals surface area contributed by atoms with Crippen molar-refractivity contribution in [3.05, 3.63) is 34.3 Å². The van der Waals surface area contributed by atoms with Crippen LogP contribution in [0.25, 0.3) is 0 Å². The highest BCUT2D eigenvalue weighted by Crippen LogP contribution is 2.46. The van der Waals surface area contributed by atoms with Crippen LogP contribution < -0.4 is 0 Å². The predicted molar refractivity (Wildman–Crippen MR) is 81.6 cm³/mol. The molecule has 2 heterocycles. The fourth-order valence-corrected chi connectivity index (χ4v) is 4.24. The van der Waals surface area contributed by atoms with Crippen molar-refractivity contribution in [2.75, 3.05) is 14.2 Å². The van der Waals surface area contributed by atoms with E-state index in [-0.39, 0.29) is 17.8 Å². The molecular formula is C16H20BrNO2. The molecule has 108 valence electrons. The van der Waals surface area contributed by atoms with Gasteiger partial charge in [-0.3, -0.25) is 9.69 Å². The predicted octanol–water partition coefficient (Wildman–Crippen LogP) is 3.19. The highest BCUT2D eigenvalue weighted by Gasteiger charge is 2.49. The number of fused-ring (bicyclic) bond motifs is 2. The third kappa shape index (κ3) is 2.29. The Morgan fingerprint density at radius 3 is 2.65 bits per heavy atom. The lowest BCUT2D eigenvalue weighted by molar-refractivity contribution is -0.150. The van der Waals surface area contributed by atoms with E-state index in [2.05, 4.69) is 52.1 Å². The average molecular weight is 338 g/mol. The van der Waals surface area contributed by atoms with Crippen molar-refractivity contribution in [1.29, 1.82) is 0 Å². The first-order chi connectivity index (χ1) is 9.61. The van der Waals surface area contributed by atoms with Crippen LogP contribution in [0.2, 0.25) is 0 Å². The Labute approximate surface area is 128 Å². The lowest BCUT2D eigenvalue weighted by Gasteiger charge is -2.41. The van der Waals surface area contributed by atoms with Crippen LogP contribution in [0, 0.1) is 5.92 Å². The zero-order valence-electron chi connectivity index (χ0n) is 11.9. The maximum Gasteiger partial charge on any atom is 0.310 e. The smallest absolute Gasteiger partial charge is 0.310 e. The van der Waals surface area contributed by atoms with Crippen molar-refractivity contribution < 1.29 is 9.53 Å². The third-order valence-corrected chi connectivity index (χ3v) is 5.57. The number of carbonyl (C=O) groups excluding carboxylic acids is 1. The van der Waals surface area contributed by atoms with Gasteiger partial charge in [0, 0.05) is 22.5 Å². The molecule has 4 atom stereocenters. The number of ether oxygens (including phenoxy) is 1. The summed E-state index contributed by atoms with van der Waals surface area (Å²) >= 11 is 3.47. The van der Waals surface area contributed by atoms with Gasteiger partial charge in [-0.15, -0.1) is 0 Å². The molecule has 2 aliphatic rings. The molecule has 3 nitrogen and oxygen atoms in total. The summed E-state index contributed by atoms with van der Waals surface area (Å²) in [7, 11) is 3.65. The molecule has 2 aliphatic heterocycles. The van der Waals surface area contributed by atoms with E-state index in [0.717, 1.165) is 17.3 Å². The zero-order valence-corrected chi connectivity index (χ0v) is 13.5. The van der Waals surface area contributed by atoms with E-state index in [0.29, 0.717) is 12.1 Å². The van der Waals surface area contributed by atoms with Crippen LogP contribution in [0.1, 0.15) is 30.7 Å². The molecule has 0 aromatic heterocycles. The summed E-state index contributed by atoms with van der Waals surface area (Å²) in [5.41, 5.74) is 1.26. The summed E-state index contributed by atoms with van der Waals surface area (Å²) in [6.07, 6.45) is 3.35. The molecule has 0 radical (unpaired) electrons. The van der Waals surface area contributed by atoms with E-state index >= 15 is 0 Å². The number of nitrogens with zero attached hydrogens (tertiary/aromatic N) is 1. The summed E-state index contributed by atoms with van der Waals surface area (Å²) in [4.78, 5) is 14.7. The second-order valence-electron chi connectivity index (χ2n) is 5.91. The summed E-state index contributed by atoms with van der Waals surface area (Å²) < 4.78 is 6.16. The SMILES string of the molecule is COC(=O)[C@H]1C2CCC(C[C@@H]1c1ccc(Br)cc1)N2C. The molecule has 0 spiro atoms. The van der Waals surface area contributed by atoms with Crippen molar-refractivity contribution in [2.24, 2.45) is 5.92 Å². The monoisotopic (exact) mass is 337 g/mol. The van der Waals surface area contributed by atoms with Crippen molar-refractivity contribution in [3.8, 4) is 0 Å². The maximum absolute atomic E-state index is 12.3. The Kier molecular flexibility index (Phi) is 3.87. The Morgan fingerprint density at radius 2 is 2.00 bits per heavy atom. The fraction of sp³-hybridized carbons (Fsp3) is 0.562. The molecule has 2 fully saturated rings. The van der Waals surface area contributed by atoms with Gasteiger partial charge < -0.3 is 4.74 Å². The molecular weight excluding hydrogens is 318 g/mol. The Morgan fingerprint density at radius 1 is 1.30 bits per heavy atom. The van der Waals surface area contributed by atoms with Crippen LogP contribution in [0.3, 0.4) is 0 Å². The highest BCUT2D eigenvalue weighted by atomic mass is 79.9. The normalized spacial score (nSPS) is 33.1. The molecule has 1 aromatic carbocycles. The number of hydrogen-bond donors (Lipinski definition) is 0. The van der Waals surface area contributed by atoms with Gasteiger partial charge in [0.2, 0.25) is 0 Å². The van der Waals surface area contributed by atoms with Crippen LogP contribution in [0.4, 0.5) is 0 Å². The zero-order chi connectivity index (χ0) is 14.3. The topological polar surface area (TPSA) is 29.5 Å². The van der Waals surface area contributed by atoms with Crippen LogP contribution in [-0.4, -0.2) is 37.1 Å². The largest absolute Gasteiger partial charge is 0.469 e. The molecule has 0 saturated carbocycles. The minimum Gasteiger partial charge on any atom is -0.469 e. The molecule has 0 N–H and O–H groups in total. The quantitative estimate of drug-likeness (QED) is 0.776. The molecule has 1 aromatic rings. The third-order valence-electron chi connectivity index (χ3n) is 5.04. The number of esters is 1. The van der Waals surface area contributed by atoms with Gasteiger partial charge in [0.25, 0.3) is 0 Å². The Bertz CT molecular complexity index is 502. The van der Waals surface area contributed by atoms with E-state index in [9.17, 15) is 4.79 Å². The number of rotatable bonds is 2. The first-order valence-electron chi connectivity index (χ1n) is 7.17. The first-order valence-corrected chi connectivity index (χ1v) is 7.96. The number of halogens is 1. The molecule has 20 heavy (non-hydrogen) atoms. The Balaban J connectivity index is 1.95. The van der Waals surface area contributed by atoms with Crippen molar-refractivity contribution >= 4 is 21.9 Å². The minimum atomic E-state index is -0.0601. The molecule has 0 aliphatic carbocycles. The van der Waals surface area contributed by atoms with Gasteiger partial charge in [0.15, 0.2) is 0 Å². The summed E-state index contributed by atoms with van der Waals surface area (Å²) in [6, 6.07) is 9.32. The van der Waals surface area contributed by atoms with Gasteiger partial charge in [0.05, 0.1) is 13.0 Å². The molecule has 0 amide bonds. The van der Waals surface area contributed by atoms with E-state index in [1.807, 2.05) is 0 Å². The summed E-state index contributed by atoms with van der Waals surface area (Å²) in [5, 5.41) is 0. The van der Waals surface area contributed by atoms with E-state index < -0.39 is 0 Å². The summed E-state index contributed by atoms with van der Waals surface area (Å²) in [5.74, 6) is 0.185. The maximum atomic E-state index is 12.3. The van der Waals surface area contributed by atoms with Crippen LogP contribution >= 0.6 is 15.9 Å². The van der Waals surface area contributed by atoms with Crippen molar-refractivity contribution in [2.45, 2.75) is 37.3 Å². The van der Waals surface area contributed by atoms with E-state index in [4.69, 9.17) is 4.74 Å². The summed E-state index contributed by atoms with van der Waals surface area (Å²) in [6.45, 7) is 0. The second kappa shape index (κ2) is 5.49. The van der Waals surface area contributed by atoms with Gasteiger partial charge in [-0.1, -0.05) is 28.1 Å². The number of benzene rings is 1. The van der Waals surface area contributed by atoms with E-state index in [1.54, 1.807) is 0 Å². The Hall–Kier alpha value is -0.870. The lowest BCUT2D eigenvalue weighted by Crippen LogP contribution is -2.49. The number of carbonyl (C=O) groups is 1. The number of methoxy groups -OCH3 is 1. The van der Waals surface area contributed by atoms with Gasteiger partial charge in [-0.2, -0.15) is 0 Å². The molecule has 2 bridgehead atoms. The van der Waals surface area contributed by atoms with Crippen molar-refractivity contribution in [3.63, 3.8) is 0 Å². The van der Waals surface area contributed by atoms with Gasteiger partial charge in [-0.05, 0) is 44.0 Å².